The van der Waals surface area contributed by atoms with Gasteiger partial charge in [-0.3, -0.25) is 22.8 Å². The predicted molar refractivity (Wildman–Crippen MR) is 225 cm³/mol. The maximum atomic E-state index is 15.7. The van der Waals surface area contributed by atoms with Crippen molar-refractivity contribution in [3.8, 4) is 44.9 Å². The van der Waals surface area contributed by atoms with Crippen molar-refractivity contribution in [1.29, 1.82) is 0 Å². The molecule has 0 saturated carbocycles. The second kappa shape index (κ2) is 15.9. The molecule has 322 valence electrons. The summed E-state index contributed by atoms with van der Waals surface area (Å²) in [5.41, 5.74) is 0.811. The molecule has 21 heteroatoms. The van der Waals surface area contributed by atoms with E-state index in [1.807, 2.05) is 41.5 Å². The summed E-state index contributed by atoms with van der Waals surface area (Å²) in [4.78, 5) is 93.2. The minimum atomic E-state index is -5.13. The molecule has 0 spiro atoms. The third kappa shape index (κ3) is 10.7. The van der Waals surface area contributed by atoms with E-state index in [2.05, 4.69) is 0 Å². The molecule has 16 nitrogen and oxygen atoms in total. The number of benzene rings is 4. The van der Waals surface area contributed by atoms with E-state index >= 15 is 4.57 Å². The summed E-state index contributed by atoms with van der Waals surface area (Å²) in [7, 11) is -24.6. The Bertz CT molecular complexity index is 2420. The minimum Gasteiger partial charge on any atom is -0.480 e. The van der Waals surface area contributed by atoms with Gasteiger partial charge in [0.25, 0.3) is 7.37 Å². The van der Waals surface area contributed by atoms with Crippen molar-refractivity contribution in [3.05, 3.63) is 81.9 Å². The van der Waals surface area contributed by atoms with Crippen LogP contribution in [0.1, 0.15) is 74.9 Å². The lowest BCUT2D eigenvalue weighted by Crippen LogP contribution is -2.19. The number of aryl methyl sites for hydroxylation is 2. The maximum absolute atomic E-state index is 15.7. The first-order valence-corrected chi connectivity index (χ1v) is 26.8. The lowest BCUT2D eigenvalue weighted by atomic mass is 9.81. The zero-order valence-electron chi connectivity index (χ0n) is 33.6. The molecule has 0 unspecified atom stereocenters. The van der Waals surface area contributed by atoms with E-state index in [1.54, 1.807) is 38.1 Å². The Morgan fingerprint density at radius 3 is 1.12 bits per heavy atom. The van der Waals surface area contributed by atoms with Gasteiger partial charge in [-0.05, 0) is 105 Å². The van der Waals surface area contributed by atoms with Gasteiger partial charge in [-0.2, -0.15) is 0 Å². The van der Waals surface area contributed by atoms with E-state index in [-0.39, 0.29) is 66.6 Å². The van der Waals surface area contributed by atoms with E-state index < -0.39 is 73.6 Å². The van der Waals surface area contributed by atoms with Crippen LogP contribution in [0, 0.1) is 13.8 Å². The highest BCUT2D eigenvalue weighted by molar-refractivity contribution is 7.75. The van der Waals surface area contributed by atoms with Gasteiger partial charge in [-0.25, -0.2) is 0 Å². The molecule has 0 bridgehead atoms. The number of fused-ring (bicyclic) bond motifs is 3. The standard InChI is InChI=1S/C38H49O16P5/c1-21-13-23(37(3,4)5)15-27(29(21)17-55(39,40)41)33-31(53-19-57(45,46)47)11-9-25-26-10-12-32(54-20-58(48,49)50)34(36(26)59(51,52)35(25)33)28-16-24(38(6,7)8)14-22(2)30(28)18-56(42,43)44/h9-16H,17-20H2,1-8H3,(H,51,52)(H2,39,40,41)(H2,42,43,44)(H2,45,46,47)(H2,48,49,50). The lowest BCUT2D eigenvalue weighted by molar-refractivity contribution is 0.300. The number of ether oxygens (including phenoxy) is 2. The second-order valence-electron chi connectivity index (χ2n) is 16.9. The van der Waals surface area contributed by atoms with Crippen LogP contribution in [0.3, 0.4) is 0 Å². The van der Waals surface area contributed by atoms with Crippen LogP contribution >= 0.6 is 37.8 Å². The monoisotopic (exact) mass is 916 g/mol. The molecular formula is C38H49O16P5. The van der Waals surface area contributed by atoms with Gasteiger partial charge >= 0.3 is 30.4 Å². The van der Waals surface area contributed by atoms with E-state index in [4.69, 9.17) is 9.47 Å². The molecule has 0 fully saturated rings. The molecular weight excluding hydrogens is 867 g/mol. The SMILES string of the molecule is Cc1cc(C(C)(C)C)cc(-c2c(OCP(=O)(O)O)ccc3c2P(=O)(O)c2c-3ccc(OCP(=O)(O)O)c2-c2cc(C(C)(C)C)cc(C)c2CP(=O)(O)O)c1CP(=O)(O)O. The maximum Gasteiger partial charge on any atom is 0.362 e. The van der Waals surface area contributed by atoms with Crippen LogP contribution < -0.4 is 20.1 Å². The van der Waals surface area contributed by atoms with Gasteiger partial charge < -0.3 is 53.5 Å². The fourth-order valence-electron chi connectivity index (χ4n) is 7.17. The number of hydrogen-bond acceptors (Lipinski definition) is 7. The Labute approximate surface area is 341 Å². The quantitative estimate of drug-likeness (QED) is 0.0659. The largest absolute Gasteiger partial charge is 0.480 e. The molecule has 1 aliphatic heterocycles. The van der Waals surface area contributed by atoms with Crippen molar-refractivity contribution in [2.45, 2.75) is 78.5 Å². The van der Waals surface area contributed by atoms with Gasteiger partial charge in [0, 0.05) is 11.1 Å². The molecule has 0 aliphatic carbocycles. The van der Waals surface area contributed by atoms with Crippen molar-refractivity contribution in [2.75, 3.05) is 12.7 Å². The lowest BCUT2D eigenvalue weighted by Gasteiger charge is -2.27. The molecule has 0 aromatic heterocycles. The average molecular weight is 917 g/mol. The van der Waals surface area contributed by atoms with E-state index in [0.717, 1.165) is 0 Å². The average Bonchev–Trinajstić information content (AvgIpc) is 3.27. The molecule has 1 heterocycles. The van der Waals surface area contributed by atoms with Crippen LogP contribution in [0.15, 0.2) is 48.5 Å². The first-order chi connectivity index (χ1) is 26.6. The second-order valence-corrected chi connectivity index (χ2v) is 25.4. The molecule has 4 aromatic rings. The molecule has 0 radical (unpaired) electrons. The van der Waals surface area contributed by atoms with Crippen LogP contribution in [-0.4, -0.2) is 56.7 Å². The number of rotatable bonds is 12. The zero-order chi connectivity index (χ0) is 44.6. The fraction of sp³-hybridized carbons (Fsp3) is 0.368. The summed E-state index contributed by atoms with van der Waals surface area (Å²) in [5, 5.41) is -0.691. The number of hydrogen-bond donors (Lipinski definition) is 9. The summed E-state index contributed by atoms with van der Waals surface area (Å²) >= 11 is 0. The molecule has 0 saturated heterocycles. The van der Waals surface area contributed by atoms with Crippen molar-refractivity contribution in [1.82, 2.24) is 0 Å². The first-order valence-electron chi connectivity index (χ1n) is 18.0. The predicted octanol–water partition coefficient (Wildman–Crippen LogP) is 6.82. The summed E-state index contributed by atoms with van der Waals surface area (Å²) in [6.07, 6.45) is -4.02. The van der Waals surface area contributed by atoms with Gasteiger partial charge in [-0.1, -0.05) is 65.8 Å². The molecule has 9 N–H and O–H groups in total. The fourth-order valence-corrected chi connectivity index (χ4v) is 11.8. The van der Waals surface area contributed by atoms with E-state index in [9.17, 15) is 62.3 Å². The Balaban J connectivity index is 2.02. The Morgan fingerprint density at radius 1 is 0.525 bits per heavy atom. The molecule has 59 heavy (non-hydrogen) atoms. The summed E-state index contributed by atoms with van der Waals surface area (Å²) in [6.45, 7) is 14.4. The Hall–Kier alpha value is -2.73. The van der Waals surface area contributed by atoms with Gasteiger partial charge in [0.05, 0.1) is 22.9 Å². The molecule has 5 rings (SSSR count). The highest BCUT2D eigenvalue weighted by atomic mass is 31.2. The first kappa shape index (κ1) is 47.3. The topological polar surface area (TPSA) is 286 Å². The van der Waals surface area contributed by atoms with Crippen molar-refractivity contribution in [2.24, 2.45) is 0 Å². The third-order valence-corrected chi connectivity index (χ3v) is 14.4. The highest BCUT2D eigenvalue weighted by Crippen LogP contribution is 2.60. The van der Waals surface area contributed by atoms with Crippen molar-refractivity contribution in [3.63, 3.8) is 0 Å². The van der Waals surface area contributed by atoms with Gasteiger partial charge in [0.15, 0.2) is 12.7 Å². The molecule has 4 aromatic carbocycles. The van der Waals surface area contributed by atoms with E-state index in [1.165, 1.54) is 24.3 Å². The zero-order valence-corrected chi connectivity index (χ0v) is 38.0. The highest BCUT2D eigenvalue weighted by Gasteiger charge is 2.46. The third-order valence-electron chi connectivity index (χ3n) is 9.90. The summed E-state index contributed by atoms with van der Waals surface area (Å²) < 4.78 is 76.7. The minimum absolute atomic E-state index is 0.0326. The van der Waals surface area contributed by atoms with Crippen LogP contribution in [0.2, 0.25) is 0 Å². The smallest absolute Gasteiger partial charge is 0.362 e. The summed E-state index contributed by atoms with van der Waals surface area (Å²) in [5.74, 6) is -0.613. The summed E-state index contributed by atoms with van der Waals surface area (Å²) in [6, 6.07) is 11.9. The van der Waals surface area contributed by atoms with Crippen molar-refractivity contribution < 1.29 is 76.3 Å². The molecule has 1 aliphatic rings. The van der Waals surface area contributed by atoms with Crippen LogP contribution in [0.4, 0.5) is 0 Å². The van der Waals surface area contributed by atoms with Gasteiger partial charge in [0.2, 0.25) is 0 Å². The normalized spacial score (nSPS) is 14.6. The van der Waals surface area contributed by atoms with Crippen LogP contribution in [0.25, 0.3) is 33.4 Å². The molecule has 0 amide bonds. The van der Waals surface area contributed by atoms with Gasteiger partial charge in [-0.15, -0.1) is 0 Å². The Kier molecular flexibility index (Phi) is 12.7. The van der Waals surface area contributed by atoms with E-state index in [0.29, 0.717) is 22.3 Å². The Morgan fingerprint density at radius 2 is 0.847 bits per heavy atom. The van der Waals surface area contributed by atoms with Crippen molar-refractivity contribution >= 4 is 48.4 Å². The van der Waals surface area contributed by atoms with Crippen LogP contribution in [-0.2, 0) is 46.0 Å². The van der Waals surface area contributed by atoms with Crippen LogP contribution in [0.5, 0.6) is 11.5 Å². The van der Waals surface area contributed by atoms with Gasteiger partial charge in [0.1, 0.15) is 11.5 Å². The molecule has 0 atom stereocenters.